The zero-order valence-corrected chi connectivity index (χ0v) is 16.9. The molecule has 1 aromatic heterocycles. The van der Waals surface area contributed by atoms with Crippen LogP contribution in [-0.4, -0.2) is 57.4 Å². The van der Waals surface area contributed by atoms with Crippen molar-refractivity contribution in [3.05, 3.63) is 47.5 Å². The van der Waals surface area contributed by atoms with Crippen molar-refractivity contribution in [3.8, 4) is 0 Å². The molecule has 1 unspecified atom stereocenters. The third-order valence-corrected chi connectivity index (χ3v) is 5.22. The Morgan fingerprint density at radius 3 is 2.69 bits per heavy atom. The first kappa shape index (κ1) is 20.5. The quantitative estimate of drug-likeness (QED) is 0.653. The van der Waals surface area contributed by atoms with Gasteiger partial charge in [-0.25, -0.2) is 4.98 Å². The van der Waals surface area contributed by atoms with Crippen LogP contribution in [0, 0.1) is 0 Å². The Hall–Kier alpha value is -3.23. The van der Waals surface area contributed by atoms with E-state index in [1.807, 2.05) is 24.3 Å². The van der Waals surface area contributed by atoms with Crippen LogP contribution in [0.15, 0.2) is 30.6 Å². The van der Waals surface area contributed by atoms with Gasteiger partial charge in [-0.15, -0.1) is 0 Å². The van der Waals surface area contributed by atoms with Gasteiger partial charge in [-0.3, -0.25) is 19.5 Å². The van der Waals surface area contributed by atoms with Crippen LogP contribution < -0.4 is 10.6 Å². The number of rotatable bonds is 6. The van der Waals surface area contributed by atoms with Crippen molar-refractivity contribution in [2.24, 2.45) is 0 Å². The molecule has 29 heavy (non-hydrogen) atoms. The van der Waals surface area contributed by atoms with E-state index in [9.17, 15) is 14.4 Å². The zero-order valence-electron chi connectivity index (χ0n) is 16.9. The van der Waals surface area contributed by atoms with E-state index in [-0.39, 0.29) is 30.2 Å². The summed E-state index contributed by atoms with van der Waals surface area (Å²) < 4.78 is 0. The lowest BCUT2D eigenvalue weighted by atomic mass is 9.88. The summed E-state index contributed by atoms with van der Waals surface area (Å²) in [6.07, 6.45) is 1.38. The third-order valence-electron chi connectivity index (χ3n) is 5.22. The zero-order chi connectivity index (χ0) is 21.0. The Balaban J connectivity index is 1.71. The molecule has 1 atom stereocenters. The average Bonchev–Trinajstić information content (AvgIpc) is 3.25. The first-order valence-electron chi connectivity index (χ1n) is 9.53. The van der Waals surface area contributed by atoms with Gasteiger partial charge in [0.25, 0.3) is 0 Å². The van der Waals surface area contributed by atoms with Crippen LogP contribution in [0.1, 0.15) is 43.6 Å². The first-order valence-corrected chi connectivity index (χ1v) is 9.53. The molecule has 3 N–H and O–H groups in total. The van der Waals surface area contributed by atoms with Crippen molar-refractivity contribution in [1.82, 2.24) is 30.7 Å². The van der Waals surface area contributed by atoms with Gasteiger partial charge in [0.2, 0.25) is 17.7 Å². The number of nitrogens with zero attached hydrogens (tertiary/aromatic N) is 3. The molecule has 3 amide bonds. The largest absolute Gasteiger partial charge is 0.355 e. The van der Waals surface area contributed by atoms with E-state index in [4.69, 9.17) is 0 Å². The van der Waals surface area contributed by atoms with Crippen LogP contribution in [0.5, 0.6) is 0 Å². The van der Waals surface area contributed by atoms with Crippen molar-refractivity contribution in [2.75, 3.05) is 19.6 Å². The second-order valence-electron chi connectivity index (χ2n) is 7.75. The van der Waals surface area contributed by atoms with E-state index in [0.29, 0.717) is 25.5 Å². The fourth-order valence-corrected chi connectivity index (χ4v) is 3.44. The minimum absolute atomic E-state index is 0.0326. The number of benzene rings is 1. The fraction of sp³-hybridized carbons (Fsp3) is 0.450. The summed E-state index contributed by atoms with van der Waals surface area (Å²) in [4.78, 5) is 42.2. The minimum Gasteiger partial charge on any atom is -0.355 e. The maximum atomic E-state index is 12.8. The highest BCUT2D eigenvalue weighted by Gasteiger charge is 2.34. The summed E-state index contributed by atoms with van der Waals surface area (Å²) in [5.41, 5.74) is 1.31. The standard InChI is InChI=1S/C20H26N6O3/c1-13(27)21-9-17(28)26-10-14-6-4-5-7-16(14)15(11-26)8-22-19(29)20(2,3)18-23-12-24-25-18/h4-7,12,15H,8-11H2,1-3H3,(H,21,27)(H,22,29)(H,23,24,25). The molecule has 0 radical (unpaired) electrons. The molecule has 0 bridgehead atoms. The number of fused-ring (bicyclic) bond motifs is 1. The van der Waals surface area contributed by atoms with Crippen molar-refractivity contribution < 1.29 is 14.4 Å². The lowest BCUT2D eigenvalue weighted by Gasteiger charge is -2.35. The molecule has 1 aliphatic rings. The number of hydrogen-bond donors (Lipinski definition) is 3. The second-order valence-corrected chi connectivity index (χ2v) is 7.75. The summed E-state index contributed by atoms with van der Waals surface area (Å²) in [6, 6.07) is 7.91. The van der Waals surface area contributed by atoms with Gasteiger partial charge in [-0.1, -0.05) is 24.3 Å². The molecule has 2 aromatic rings. The molecule has 1 aliphatic heterocycles. The molecule has 1 aromatic carbocycles. The number of nitrogens with one attached hydrogen (secondary N) is 3. The van der Waals surface area contributed by atoms with Crippen molar-refractivity contribution in [2.45, 2.75) is 38.6 Å². The number of H-pyrrole nitrogens is 1. The van der Waals surface area contributed by atoms with Gasteiger partial charge < -0.3 is 15.5 Å². The van der Waals surface area contributed by atoms with Crippen LogP contribution >= 0.6 is 0 Å². The molecule has 0 spiro atoms. The highest BCUT2D eigenvalue weighted by atomic mass is 16.2. The van der Waals surface area contributed by atoms with Crippen molar-refractivity contribution in [1.29, 1.82) is 0 Å². The molecule has 0 aliphatic carbocycles. The van der Waals surface area contributed by atoms with Gasteiger partial charge in [0.05, 0.1) is 6.54 Å². The Labute approximate surface area is 169 Å². The summed E-state index contributed by atoms with van der Waals surface area (Å²) in [5.74, 6) is -0.113. The van der Waals surface area contributed by atoms with Crippen LogP contribution in [0.2, 0.25) is 0 Å². The van der Waals surface area contributed by atoms with Crippen molar-refractivity contribution in [3.63, 3.8) is 0 Å². The number of amides is 3. The third kappa shape index (κ3) is 4.61. The highest BCUT2D eigenvalue weighted by Crippen LogP contribution is 2.28. The van der Waals surface area contributed by atoms with Gasteiger partial charge in [0.15, 0.2) is 0 Å². The number of carbonyl (C=O) groups excluding carboxylic acids is 3. The van der Waals surface area contributed by atoms with E-state index in [2.05, 4.69) is 25.8 Å². The molecule has 0 fully saturated rings. The topological polar surface area (TPSA) is 120 Å². The average molecular weight is 398 g/mol. The monoisotopic (exact) mass is 398 g/mol. The predicted molar refractivity (Wildman–Crippen MR) is 106 cm³/mol. The predicted octanol–water partition coefficient (Wildman–Crippen LogP) is 0.461. The lowest BCUT2D eigenvalue weighted by molar-refractivity contribution is -0.133. The van der Waals surface area contributed by atoms with E-state index in [1.165, 1.54) is 13.3 Å². The number of hydrogen-bond acceptors (Lipinski definition) is 5. The van der Waals surface area contributed by atoms with E-state index < -0.39 is 5.41 Å². The fourth-order valence-electron chi connectivity index (χ4n) is 3.44. The summed E-state index contributed by atoms with van der Waals surface area (Å²) in [6.45, 7) is 6.25. The van der Waals surface area contributed by atoms with Gasteiger partial charge in [-0.2, -0.15) is 5.10 Å². The van der Waals surface area contributed by atoms with Crippen LogP contribution in [-0.2, 0) is 26.3 Å². The SMILES string of the molecule is CC(=O)NCC(=O)N1Cc2ccccc2C(CNC(=O)C(C)(C)c2ncn[nH]2)C1. The molecule has 0 saturated heterocycles. The Morgan fingerprint density at radius 2 is 2.00 bits per heavy atom. The van der Waals surface area contributed by atoms with Crippen LogP contribution in [0.4, 0.5) is 0 Å². The molecule has 154 valence electrons. The molecule has 9 heteroatoms. The smallest absolute Gasteiger partial charge is 0.242 e. The first-order chi connectivity index (χ1) is 13.8. The minimum atomic E-state index is -0.856. The molecule has 0 saturated carbocycles. The Kier molecular flexibility index (Phi) is 5.95. The number of carbonyl (C=O) groups is 3. The Morgan fingerprint density at radius 1 is 1.24 bits per heavy atom. The second kappa shape index (κ2) is 8.42. The normalized spacial score (nSPS) is 16.1. The maximum Gasteiger partial charge on any atom is 0.242 e. The summed E-state index contributed by atoms with van der Waals surface area (Å²) in [7, 11) is 0. The molecular weight excluding hydrogens is 372 g/mol. The van der Waals surface area contributed by atoms with E-state index in [1.54, 1.807) is 18.7 Å². The highest BCUT2D eigenvalue weighted by molar-refractivity contribution is 5.86. The number of aromatic nitrogens is 3. The summed E-state index contributed by atoms with van der Waals surface area (Å²) >= 11 is 0. The summed E-state index contributed by atoms with van der Waals surface area (Å²) in [5, 5.41) is 12.1. The molecular formula is C20H26N6O3. The Bertz CT molecular complexity index is 893. The van der Waals surface area contributed by atoms with E-state index in [0.717, 1.165) is 11.1 Å². The number of aromatic amines is 1. The van der Waals surface area contributed by atoms with Gasteiger partial charge in [0.1, 0.15) is 17.6 Å². The van der Waals surface area contributed by atoms with E-state index >= 15 is 0 Å². The molecule has 3 rings (SSSR count). The van der Waals surface area contributed by atoms with Gasteiger partial charge in [0, 0.05) is 32.5 Å². The van der Waals surface area contributed by atoms with Crippen molar-refractivity contribution >= 4 is 17.7 Å². The molecule has 9 nitrogen and oxygen atoms in total. The lowest BCUT2D eigenvalue weighted by Crippen LogP contribution is -2.47. The van der Waals surface area contributed by atoms with Crippen LogP contribution in [0.3, 0.4) is 0 Å². The van der Waals surface area contributed by atoms with Gasteiger partial charge in [-0.05, 0) is 25.0 Å². The molecule has 2 heterocycles. The van der Waals surface area contributed by atoms with Gasteiger partial charge >= 0.3 is 0 Å². The maximum absolute atomic E-state index is 12.8. The van der Waals surface area contributed by atoms with Crippen LogP contribution in [0.25, 0.3) is 0 Å².